The molecule has 0 radical (unpaired) electrons. The first-order chi connectivity index (χ1) is 4.75. The van der Waals surface area contributed by atoms with Gasteiger partial charge in [-0.05, 0) is 12.0 Å². The van der Waals surface area contributed by atoms with E-state index in [0.717, 1.165) is 0 Å². The summed E-state index contributed by atoms with van der Waals surface area (Å²) in [5.74, 6) is 0.523. The molecule has 0 aliphatic carbocycles. The summed E-state index contributed by atoms with van der Waals surface area (Å²) in [5, 5.41) is 4.06. The molecule has 0 spiro atoms. The van der Waals surface area contributed by atoms with Crippen LogP contribution in [0.2, 0.25) is 0 Å². The van der Waals surface area contributed by atoms with Gasteiger partial charge in [0.05, 0.1) is 11.9 Å². The van der Waals surface area contributed by atoms with E-state index in [1.54, 1.807) is 11.0 Å². The van der Waals surface area contributed by atoms with E-state index in [1.165, 1.54) is 5.69 Å². The zero-order chi connectivity index (χ0) is 7.56. The van der Waals surface area contributed by atoms with E-state index in [9.17, 15) is 0 Å². The maximum Gasteiger partial charge on any atom is 0.0645 e. The van der Waals surface area contributed by atoms with Gasteiger partial charge in [-0.1, -0.05) is 13.8 Å². The van der Waals surface area contributed by atoms with E-state index in [2.05, 4.69) is 24.4 Å². The first-order valence-corrected chi connectivity index (χ1v) is 3.47. The quantitative estimate of drug-likeness (QED) is 0.666. The summed E-state index contributed by atoms with van der Waals surface area (Å²) < 4.78 is 0. The van der Waals surface area contributed by atoms with Crippen LogP contribution in [0, 0.1) is 0 Å². The van der Waals surface area contributed by atoms with Gasteiger partial charge in [0.25, 0.3) is 0 Å². The molecule has 0 saturated heterocycles. The maximum atomic E-state index is 4.06. The highest BCUT2D eigenvalue weighted by molar-refractivity contribution is 5.06. The first-order valence-electron chi connectivity index (χ1n) is 3.47. The van der Waals surface area contributed by atoms with Crippen molar-refractivity contribution in [3.05, 3.63) is 18.0 Å². The first kappa shape index (κ1) is 7.12. The van der Waals surface area contributed by atoms with Crippen molar-refractivity contribution in [2.45, 2.75) is 19.8 Å². The molecule has 56 valence electrons. The highest BCUT2D eigenvalue weighted by Crippen LogP contribution is 2.10. The molecule has 0 aliphatic heterocycles. The molecule has 0 unspecified atom stereocenters. The molecule has 0 aromatic carbocycles. The molecule has 0 bridgehead atoms. The molecule has 1 aromatic rings. The van der Waals surface area contributed by atoms with Crippen molar-refractivity contribution in [1.29, 1.82) is 0 Å². The van der Waals surface area contributed by atoms with Gasteiger partial charge in [-0.25, -0.2) is 0 Å². The SMILES string of the molecule is CNn1nccc1C(C)C. The zero-order valence-corrected chi connectivity index (χ0v) is 6.63. The van der Waals surface area contributed by atoms with Gasteiger partial charge in [0, 0.05) is 7.05 Å². The number of nitrogens with zero attached hydrogens (tertiary/aromatic N) is 2. The summed E-state index contributed by atoms with van der Waals surface area (Å²) in [6.45, 7) is 4.29. The van der Waals surface area contributed by atoms with Crippen molar-refractivity contribution in [3.8, 4) is 0 Å². The van der Waals surface area contributed by atoms with Crippen molar-refractivity contribution in [1.82, 2.24) is 9.89 Å². The van der Waals surface area contributed by atoms with E-state index in [-0.39, 0.29) is 0 Å². The fourth-order valence-electron chi connectivity index (χ4n) is 0.937. The Kier molecular flexibility index (Phi) is 1.94. The lowest BCUT2D eigenvalue weighted by atomic mass is 10.1. The Labute approximate surface area is 61.0 Å². The van der Waals surface area contributed by atoms with Gasteiger partial charge in [0.1, 0.15) is 0 Å². The molecule has 0 amide bonds. The predicted octanol–water partition coefficient (Wildman–Crippen LogP) is 1.18. The van der Waals surface area contributed by atoms with Crippen LogP contribution in [0.3, 0.4) is 0 Å². The fraction of sp³-hybridized carbons (Fsp3) is 0.571. The van der Waals surface area contributed by atoms with Gasteiger partial charge < -0.3 is 5.43 Å². The second-order valence-corrected chi connectivity index (χ2v) is 2.55. The third kappa shape index (κ3) is 1.12. The highest BCUT2D eigenvalue weighted by atomic mass is 15.5. The van der Waals surface area contributed by atoms with Crippen LogP contribution in [0.15, 0.2) is 12.3 Å². The van der Waals surface area contributed by atoms with Crippen LogP contribution in [-0.4, -0.2) is 16.9 Å². The number of hydrogen-bond acceptors (Lipinski definition) is 2. The second-order valence-electron chi connectivity index (χ2n) is 2.55. The molecule has 0 fully saturated rings. The summed E-state index contributed by atoms with van der Waals surface area (Å²) in [7, 11) is 1.86. The molecule has 10 heavy (non-hydrogen) atoms. The van der Waals surface area contributed by atoms with Gasteiger partial charge in [0.2, 0.25) is 0 Å². The topological polar surface area (TPSA) is 29.9 Å². The molecule has 1 N–H and O–H groups in total. The average molecular weight is 139 g/mol. The van der Waals surface area contributed by atoms with Gasteiger partial charge in [-0.15, -0.1) is 0 Å². The molecule has 0 saturated carbocycles. The molecule has 3 heteroatoms. The highest BCUT2D eigenvalue weighted by Gasteiger charge is 2.03. The third-order valence-corrected chi connectivity index (χ3v) is 1.48. The number of aromatic nitrogens is 2. The van der Waals surface area contributed by atoms with Crippen molar-refractivity contribution in [2.75, 3.05) is 12.5 Å². The zero-order valence-electron chi connectivity index (χ0n) is 6.63. The number of rotatable bonds is 2. The lowest BCUT2D eigenvalue weighted by molar-refractivity contribution is 0.681. The minimum absolute atomic E-state index is 0.523. The van der Waals surface area contributed by atoms with Gasteiger partial charge >= 0.3 is 0 Å². The van der Waals surface area contributed by atoms with Crippen LogP contribution in [0.4, 0.5) is 0 Å². The van der Waals surface area contributed by atoms with E-state index in [0.29, 0.717) is 5.92 Å². The summed E-state index contributed by atoms with van der Waals surface area (Å²) in [4.78, 5) is 1.78. The van der Waals surface area contributed by atoms with Crippen molar-refractivity contribution < 1.29 is 0 Å². The third-order valence-electron chi connectivity index (χ3n) is 1.48. The van der Waals surface area contributed by atoms with Gasteiger partial charge in [-0.3, -0.25) is 0 Å². The minimum Gasteiger partial charge on any atom is -0.313 e. The average Bonchev–Trinajstić information content (AvgIpc) is 2.33. The summed E-state index contributed by atoms with van der Waals surface area (Å²) >= 11 is 0. The minimum atomic E-state index is 0.523. The van der Waals surface area contributed by atoms with Crippen LogP contribution in [-0.2, 0) is 0 Å². The van der Waals surface area contributed by atoms with Crippen LogP contribution in [0.1, 0.15) is 25.5 Å². The number of nitrogens with one attached hydrogen (secondary N) is 1. The molecule has 3 nitrogen and oxygen atoms in total. The van der Waals surface area contributed by atoms with Crippen molar-refractivity contribution in [3.63, 3.8) is 0 Å². The lowest BCUT2D eigenvalue weighted by Crippen LogP contribution is -2.14. The van der Waals surface area contributed by atoms with E-state index >= 15 is 0 Å². The van der Waals surface area contributed by atoms with Crippen LogP contribution in [0.5, 0.6) is 0 Å². The fourth-order valence-corrected chi connectivity index (χ4v) is 0.937. The van der Waals surface area contributed by atoms with Crippen LogP contribution < -0.4 is 5.43 Å². The summed E-state index contributed by atoms with van der Waals surface area (Å²) in [6, 6.07) is 2.02. The largest absolute Gasteiger partial charge is 0.313 e. The Morgan fingerprint density at radius 1 is 1.60 bits per heavy atom. The lowest BCUT2D eigenvalue weighted by Gasteiger charge is -2.07. The normalized spacial score (nSPS) is 10.4. The summed E-state index contributed by atoms with van der Waals surface area (Å²) in [6.07, 6.45) is 1.80. The Hall–Kier alpha value is -0.990. The van der Waals surface area contributed by atoms with E-state index < -0.39 is 0 Å². The number of hydrogen-bond donors (Lipinski definition) is 1. The smallest absolute Gasteiger partial charge is 0.0645 e. The van der Waals surface area contributed by atoms with Crippen LogP contribution in [0.25, 0.3) is 0 Å². The predicted molar refractivity (Wildman–Crippen MR) is 41.6 cm³/mol. The Balaban J connectivity index is 2.90. The van der Waals surface area contributed by atoms with Crippen LogP contribution >= 0.6 is 0 Å². The molecule has 0 aliphatic rings. The van der Waals surface area contributed by atoms with Gasteiger partial charge in [0.15, 0.2) is 0 Å². The molecule has 1 heterocycles. The Morgan fingerprint density at radius 3 is 2.70 bits per heavy atom. The maximum absolute atomic E-state index is 4.06. The van der Waals surface area contributed by atoms with Crippen molar-refractivity contribution in [2.24, 2.45) is 0 Å². The van der Waals surface area contributed by atoms with Gasteiger partial charge in [-0.2, -0.15) is 9.89 Å². The monoisotopic (exact) mass is 139 g/mol. The molecule has 1 aromatic heterocycles. The molecule has 1 rings (SSSR count). The Bertz CT molecular complexity index is 202. The van der Waals surface area contributed by atoms with Crippen molar-refractivity contribution >= 4 is 0 Å². The second kappa shape index (κ2) is 2.73. The Morgan fingerprint density at radius 2 is 2.30 bits per heavy atom. The standard InChI is InChI=1S/C7H13N3/c1-6(2)7-4-5-9-10(7)8-3/h4-6,8H,1-3H3. The van der Waals surface area contributed by atoms with E-state index in [1.807, 2.05) is 13.1 Å². The molecular weight excluding hydrogens is 126 g/mol. The molecular formula is C7H13N3. The summed E-state index contributed by atoms with van der Waals surface area (Å²) in [5.41, 5.74) is 4.17. The van der Waals surface area contributed by atoms with E-state index in [4.69, 9.17) is 0 Å². The molecule has 0 atom stereocenters.